The first-order valence-corrected chi connectivity index (χ1v) is 8.65. The average molecular weight is 440 g/mol. The number of rotatable bonds is 10. The number of carbonyl (C=O) groups is 1. The molecule has 0 atom stereocenters. The van der Waals surface area contributed by atoms with E-state index in [1.807, 2.05) is 13.8 Å². The van der Waals surface area contributed by atoms with Gasteiger partial charge in [0.05, 0.1) is 0 Å². The topological polar surface area (TPSA) is 74.8 Å². The molecule has 1 aliphatic carbocycles. The van der Waals surface area contributed by atoms with Gasteiger partial charge in [-0.25, -0.2) is 0 Å². The van der Waals surface area contributed by atoms with Crippen molar-refractivity contribution in [2.45, 2.75) is 58.4 Å². The maximum Gasteiger partial charge on any atom is 0.221 e. The Labute approximate surface area is 157 Å². The van der Waals surface area contributed by atoms with Gasteiger partial charge in [-0.2, -0.15) is 0 Å². The number of nitrogens with one attached hydrogen (secondary N) is 3. The lowest BCUT2D eigenvalue weighted by Crippen LogP contribution is -2.40. The molecule has 1 fully saturated rings. The third-order valence-electron chi connectivity index (χ3n) is 3.63. The van der Waals surface area contributed by atoms with Crippen molar-refractivity contribution in [1.29, 1.82) is 0 Å². The molecular formula is C16H33IN4O2. The number of nitrogens with zero attached hydrogens (tertiary/aromatic N) is 1. The van der Waals surface area contributed by atoms with E-state index in [0.717, 1.165) is 51.5 Å². The third kappa shape index (κ3) is 11.6. The number of hydrogen-bond donors (Lipinski definition) is 3. The fraction of sp³-hybridized carbons (Fsp3) is 0.875. The van der Waals surface area contributed by atoms with Crippen LogP contribution in [0, 0.1) is 0 Å². The van der Waals surface area contributed by atoms with Crippen molar-refractivity contribution in [3.05, 3.63) is 0 Å². The van der Waals surface area contributed by atoms with Crippen LogP contribution in [0.1, 0.15) is 52.4 Å². The van der Waals surface area contributed by atoms with E-state index in [2.05, 4.69) is 20.9 Å². The number of halogens is 1. The van der Waals surface area contributed by atoms with E-state index in [-0.39, 0.29) is 29.9 Å². The lowest BCUT2D eigenvalue weighted by molar-refractivity contribution is -0.121. The molecular weight excluding hydrogens is 407 g/mol. The van der Waals surface area contributed by atoms with Gasteiger partial charge in [0.2, 0.25) is 5.91 Å². The number of guanidine groups is 1. The molecule has 3 N–H and O–H groups in total. The lowest BCUT2D eigenvalue weighted by atomic mass is 10.2. The highest BCUT2D eigenvalue weighted by molar-refractivity contribution is 14.0. The Hall–Kier alpha value is -0.570. The number of carbonyl (C=O) groups excluding carboxylic acids is 1. The second-order valence-corrected chi connectivity index (χ2v) is 5.54. The van der Waals surface area contributed by atoms with Crippen LogP contribution in [0.4, 0.5) is 0 Å². The van der Waals surface area contributed by atoms with E-state index in [4.69, 9.17) is 4.74 Å². The van der Waals surface area contributed by atoms with Crippen molar-refractivity contribution in [2.24, 2.45) is 4.99 Å². The van der Waals surface area contributed by atoms with Crippen molar-refractivity contribution in [1.82, 2.24) is 16.0 Å². The quantitative estimate of drug-likeness (QED) is 0.210. The maximum absolute atomic E-state index is 11.8. The van der Waals surface area contributed by atoms with E-state index >= 15 is 0 Å². The van der Waals surface area contributed by atoms with Gasteiger partial charge < -0.3 is 20.7 Å². The summed E-state index contributed by atoms with van der Waals surface area (Å²) in [6.07, 6.45) is 6.13. The summed E-state index contributed by atoms with van der Waals surface area (Å²) in [5, 5.41) is 9.49. The van der Waals surface area contributed by atoms with Gasteiger partial charge in [0, 0.05) is 45.3 Å². The van der Waals surface area contributed by atoms with Gasteiger partial charge in [-0.15, -0.1) is 24.0 Å². The van der Waals surface area contributed by atoms with Gasteiger partial charge >= 0.3 is 0 Å². The molecule has 6 nitrogen and oxygen atoms in total. The highest BCUT2D eigenvalue weighted by Crippen LogP contribution is 2.17. The second-order valence-electron chi connectivity index (χ2n) is 5.54. The van der Waals surface area contributed by atoms with Gasteiger partial charge in [-0.1, -0.05) is 12.8 Å². The SMILES string of the molecule is CCNC(=NCCCOCC)NCCC(=O)NC1CCCC1.I. The molecule has 1 saturated carbocycles. The molecule has 0 saturated heterocycles. The van der Waals surface area contributed by atoms with Crippen molar-refractivity contribution in [3.63, 3.8) is 0 Å². The van der Waals surface area contributed by atoms with Crippen LogP contribution in [0.25, 0.3) is 0 Å². The first kappa shape index (κ1) is 22.4. The van der Waals surface area contributed by atoms with Gasteiger partial charge in [-0.05, 0) is 33.1 Å². The normalized spacial score (nSPS) is 15.1. The van der Waals surface area contributed by atoms with E-state index in [9.17, 15) is 4.79 Å². The number of aliphatic imine (C=N–C) groups is 1. The molecule has 1 aliphatic rings. The van der Waals surface area contributed by atoms with Gasteiger partial charge in [-0.3, -0.25) is 9.79 Å². The Morgan fingerprint density at radius 3 is 2.61 bits per heavy atom. The summed E-state index contributed by atoms with van der Waals surface area (Å²) in [6, 6.07) is 0.396. The maximum atomic E-state index is 11.8. The Balaban J connectivity index is 0.00000484. The van der Waals surface area contributed by atoms with Crippen LogP contribution in [-0.2, 0) is 9.53 Å². The first-order chi connectivity index (χ1) is 10.8. The summed E-state index contributed by atoms with van der Waals surface area (Å²) in [5.74, 6) is 0.902. The van der Waals surface area contributed by atoms with Crippen LogP contribution in [-0.4, -0.2) is 50.8 Å². The number of hydrogen-bond acceptors (Lipinski definition) is 3. The van der Waals surface area contributed by atoms with E-state index in [0.29, 0.717) is 19.0 Å². The minimum Gasteiger partial charge on any atom is -0.382 e. The van der Waals surface area contributed by atoms with E-state index in [1.54, 1.807) is 0 Å². The zero-order valence-corrected chi connectivity index (χ0v) is 16.9. The van der Waals surface area contributed by atoms with Crippen LogP contribution < -0.4 is 16.0 Å². The molecule has 23 heavy (non-hydrogen) atoms. The minimum absolute atomic E-state index is 0. The number of amides is 1. The van der Waals surface area contributed by atoms with Gasteiger partial charge in [0.25, 0.3) is 0 Å². The van der Waals surface area contributed by atoms with Crippen molar-refractivity contribution in [2.75, 3.05) is 32.8 Å². The van der Waals surface area contributed by atoms with Gasteiger partial charge in [0.1, 0.15) is 0 Å². The second kappa shape index (κ2) is 15.0. The fourth-order valence-electron chi connectivity index (χ4n) is 2.51. The highest BCUT2D eigenvalue weighted by Gasteiger charge is 2.16. The minimum atomic E-state index is 0. The molecule has 0 aliphatic heterocycles. The molecule has 0 spiro atoms. The fourth-order valence-corrected chi connectivity index (χ4v) is 2.51. The van der Waals surface area contributed by atoms with Crippen molar-refractivity contribution in [3.8, 4) is 0 Å². The molecule has 0 radical (unpaired) electrons. The molecule has 0 aromatic rings. The lowest BCUT2D eigenvalue weighted by Gasteiger charge is -2.13. The monoisotopic (exact) mass is 440 g/mol. The molecule has 0 unspecified atom stereocenters. The van der Waals surface area contributed by atoms with Crippen LogP contribution in [0.15, 0.2) is 4.99 Å². The highest BCUT2D eigenvalue weighted by atomic mass is 127. The van der Waals surface area contributed by atoms with Crippen LogP contribution in [0.3, 0.4) is 0 Å². The van der Waals surface area contributed by atoms with Crippen molar-refractivity contribution >= 4 is 35.8 Å². The van der Waals surface area contributed by atoms with E-state index in [1.165, 1.54) is 12.8 Å². The summed E-state index contributed by atoms with van der Waals surface area (Å²) in [6.45, 7) is 7.65. The van der Waals surface area contributed by atoms with E-state index < -0.39 is 0 Å². The van der Waals surface area contributed by atoms with Crippen LogP contribution in [0.5, 0.6) is 0 Å². The molecule has 1 amide bonds. The Morgan fingerprint density at radius 1 is 1.22 bits per heavy atom. The summed E-state index contributed by atoms with van der Waals surface area (Å²) in [7, 11) is 0. The van der Waals surface area contributed by atoms with Crippen LogP contribution in [0.2, 0.25) is 0 Å². The standard InChI is InChI=1S/C16H32N4O2.HI/c1-3-17-16(18-11-7-13-22-4-2)19-12-10-15(21)20-14-8-5-6-9-14;/h14H,3-13H2,1-2H3,(H,20,21)(H2,17,18,19);1H. The molecule has 0 aromatic carbocycles. The Bertz CT molecular complexity index is 334. The predicted octanol–water partition coefficient (Wildman–Crippen LogP) is 2.03. The number of ether oxygens (including phenoxy) is 1. The Kier molecular flexibility index (Phi) is 14.6. The molecule has 0 bridgehead atoms. The predicted molar refractivity (Wildman–Crippen MR) is 106 cm³/mol. The molecule has 0 aromatic heterocycles. The molecule has 1 rings (SSSR count). The molecule has 7 heteroatoms. The average Bonchev–Trinajstić information content (AvgIpc) is 2.99. The largest absolute Gasteiger partial charge is 0.382 e. The summed E-state index contributed by atoms with van der Waals surface area (Å²) in [5.41, 5.74) is 0. The summed E-state index contributed by atoms with van der Waals surface area (Å²) < 4.78 is 5.29. The van der Waals surface area contributed by atoms with Crippen molar-refractivity contribution < 1.29 is 9.53 Å². The summed E-state index contributed by atoms with van der Waals surface area (Å²) >= 11 is 0. The zero-order valence-electron chi connectivity index (χ0n) is 14.5. The van der Waals surface area contributed by atoms with Crippen LogP contribution >= 0.6 is 24.0 Å². The third-order valence-corrected chi connectivity index (χ3v) is 3.63. The Morgan fingerprint density at radius 2 is 1.96 bits per heavy atom. The molecule has 0 heterocycles. The van der Waals surface area contributed by atoms with Gasteiger partial charge in [0.15, 0.2) is 5.96 Å². The smallest absolute Gasteiger partial charge is 0.221 e. The zero-order chi connectivity index (χ0) is 16.0. The molecule has 136 valence electrons. The summed E-state index contributed by atoms with van der Waals surface area (Å²) in [4.78, 5) is 16.3. The first-order valence-electron chi connectivity index (χ1n) is 8.65.